The Kier molecular flexibility index (Phi) is 2.64. The summed E-state index contributed by atoms with van der Waals surface area (Å²) in [5.74, 6) is 0.891. The van der Waals surface area contributed by atoms with Crippen LogP contribution in [0.1, 0.15) is 39.9 Å². The Hall–Kier alpha value is -0.870. The summed E-state index contributed by atoms with van der Waals surface area (Å²) in [5.41, 5.74) is -1.71. The van der Waals surface area contributed by atoms with Crippen LogP contribution < -0.4 is 0 Å². The van der Waals surface area contributed by atoms with Gasteiger partial charge in [0.25, 0.3) is 0 Å². The van der Waals surface area contributed by atoms with Gasteiger partial charge in [0, 0.05) is 32.3 Å². The summed E-state index contributed by atoms with van der Waals surface area (Å²) in [7, 11) is 1.94. The predicted octanol–water partition coefficient (Wildman–Crippen LogP) is 1.67. The van der Waals surface area contributed by atoms with Gasteiger partial charge in [-0.05, 0) is 27.7 Å². The summed E-state index contributed by atoms with van der Waals surface area (Å²) in [6.45, 7) is 7.94. The first-order valence-electron chi connectivity index (χ1n) is 6.04. The van der Waals surface area contributed by atoms with E-state index in [-0.39, 0.29) is 5.60 Å². The molecule has 1 fully saturated rings. The number of hydrogen-bond donors (Lipinski definition) is 1. The molecule has 17 heavy (non-hydrogen) atoms. The molecule has 1 aromatic rings. The molecule has 2 rings (SSSR count). The van der Waals surface area contributed by atoms with Crippen molar-refractivity contribution in [1.82, 2.24) is 9.55 Å². The van der Waals surface area contributed by atoms with Crippen molar-refractivity contribution in [3.63, 3.8) is 0 Å². The molecule has 0 bridgehead atoms. The smallest absolute Gasteiger partial charge is 0.111 e. The molecule has 1 atom stereocenters. The molecular formula is C13H22N2O2. The Balaban J connectivity index is 2.28. The van der Waals surface area contributed by atoms with E-state index in [1.807, 2.05) is 45.5 Å². The van der Waals surface area contributed by atoms with Crippen LogP contribution in [0.25, 0.3) is 0 Å². The molecule has 1 aromatic heterocycles. The Labute approximate surface area is 103 Å². The average molecular weight is 238 g/mol. The SMILES string of the molecule is Cn1ccnc1CC1(O)CC(C)(C)OC1(C)C. The van der Waals surface area contributed by atoms with Crippen LogP contribution in [0, 0.1) is 0 Å². The number of ether oxygens (including phenoxy) is 1. The standard InChI is InChI=1S/C13H22N2O2/c1-11(2)9-13(16,12(3,4)17-11)8-10-14-6-7-15(10)5/h6-7,16H,8-9H2,1-5H3. The summed E-state index contributed by atoms with van der Waals surface area (Å²) in [6, 6.07) is 0. The van der Waals surface area contributed by atoms with Crippen molar-refractivity contribution in [2.45, 2.75) is 57.3 Å². The first kappa shape index (κ1) is 12.6. The van der Waals surface area contributed by atoms with Crippen molar-refractivity contribution in [3.05, 3.63) is 18.2 Å². The molecule has 1 saturated heterocycles. The van der Waals surface area contributed by atoms with Crippen molar-refractivity contribution in [2.75, 3.05) is 0 Å². The predicted molar refractivity (Wildman–Crippen MR) is 65.7 cm³/mol. The molecule has 0 spiro atoms. The van der Waals surface area contributed by atoms with Crippen LogP contribution in [0.3, 0.4) is 0 Å². The molecule has 96 valence electrons. The van der Waals surface area contributed by atoms with Crippen LogP contribution in [0.4, 0.5) is 0 Å². The molecule has 1 unspecified atom stereocenters. The van der Waals surface area contributed by atoms with Gasteiger partial charge in [-0.1, -0.05) is 0 Å². The van der Waals surface area contributed by atoms with E-state index in [0.29, 0.717) is 12.8 Å². The molecule has 0 saturated carbocycles. The Morgan fingerprint density at radius 2 is 2.06 bits per heavy atom. The van der Waals surface area contributed by atoms with Gasteiger partial charge in [0.15, 0.2) is 0 Å². The number of nitrogens with zero attached hydrogens (tertiary/aromatic N) is 2. The molecule has 4 nitrogen and oxygen atoms in total. The highest BCUT2D eigenvalue weighted by atomic mass is 16.5. The highest BCUT2D eigenvalue weighted by Gasteiger charge is 2.56. The van der Waals surface area contributed by atoms with E-state index in [0.717, 1.165) is 5.82 Å². The highest BCUT2D eigenvalue weighted by Crippen LogP contribution is 2.46. The van der Waals surface area contributed by atoms with Crippen molar-refractivity contribution in [2.24, 2.45) is 7.05 Å². The van der Waals surface area contributed by atoms with Gasteiger partial charge < -0.3 is 14.4 Å². The van der Waals surface area contributed by atoms with Crippen LogP contribution >= 0.6 is 0 Å². The zero-order chi connectivity index (χ0) is 12.9. The third kappa shape index (κ3) is 2.11. The Bertz CT molecular complexity index is 423. The maximum atomic E-state index is 10.9. The lowest BCUT2D eigenvalue weighted by atomic mass is 9.80. The summed E-state index contributed by atoms with van der Waals surface area (Å²) in [6.07, 6.45) is 4.80. The van der Waals surface area contributed by atoms with Crippen molar-refractivity contribution >= 4 is 0 Å². The maximum absolute atomic E-state index is 10.9. The molecule has 0 aromatic carbocycles. The Morgan fingerprint density at radius 1 is 1.41 bits per heavy atom. The van der Waals surface area contributed by atoms with E-state index in [1.165, 1.54) is 0 Å². The summed E-state index contributed by atoms with van der Waals surface area (Å²) in [4.78, 5) is 4.29. The van der Waals surface area contributed by atoms with E-state index in [9.17, 15) is 5.11 Å². The molecule has 2 heterocycles. The monoisotopic (exact) mass is 238 g/mol. The second kappa shape index (κ2) is 3.56. The fourth-order valence-corrected chi connectivity index (χ4v) is 2.84. The largest absolute Gasteiger partial charge is 0.386 e. The lowest BCUT2D eigenvalue weighted by Crippen LogP contribution is -2.48. The van der Waals surface area contributed by atoms with Gasteiger partial charge in [-0.25, -0.2) is 4.98 Å². The number of hydrogen-bond acceptors (Lipinski definition) is 3. The van der Waals surface area contributed by atoms with Crippen LogP contribution in [-0.4, -0.2) is 31.5 Å². The number of imidazole rings is 1. The van der Waals surface area contributed by atoms with Gasteiger partial charge in [-0.15, -0.1) is 0 Å². The second-order valence-electron chi connectivity index (χ2n) is 6.21. The minimum absolute atomic E-state index is 0.288. The van der Waals surface area contributed by atoms with Crippen molar-refractivity contribution < 1.29 is 9.84 Å². The van der Waals surface area contributed by atoms with E-state index >= 15 is 0 Å². The van der Waals surface area contributed by atoms with Gasteiger partial charge in [0.1, 0.15) is 11.4 Å². The number of aromatic nitrogens is 2. The number of aryl methyl sites for hydroxylation is 1. The topological polar surface area (TPSA) is 47.3 Å². The molecule has 1 aliphatic rings. The zero-order valence-corrected chi connectivity index (χ0v) is 11.3. The van der Waals surface area contributed by atoms with E-state index in [2.05, 4.69) is 4.98 Å². The highest BCUT2D eigenvalue weighted by molar-refractivity contribution is 5.11. The van der Waals surface area contributed by atoms with Crippen LogP contribution in [0.5, 0.6) is 0 Å². The average Bonchev–Trinajstić information content (AvgIpc) is 2.53. The van der Waals surface area contributed by atoms with E-state index < -0.39 is 11.2 Å². The van der Waals surface area contributed by atoms with E-state index in [4.69, 9.17) is 4.74 Å². The summed E-state index contributed by atoms with van der Waals surface area (Å²) >= 11 is 0. The van der Waals surface area contributed by atoms with Gasteiger partial charge in [-0.2, -0.15) is 0 Å². The number of rotatable bonds is 2. The second-order valence-corrected chi connectivity index (χ2v) is 6.21. The minimum Gasteiger partial charge on any atom is -0.386 e. The zero-order valence-electron chi connectivity index (χ0n) is 11.3. The first-order valence-corrected chi connectivity index (χ1v) is 6.04. The van der Waals surface area contributed by atoms with Crippen LogP contribution in [-0.2, 0) is 18.2 Å². The van der Waals surface area contributed by atoms with Gasteiger partial charge in [0.2, 0.25) is 0 Å². The van der Waals surface area contributed by atoms with E-state index in [1.54, 1.807) is 6.20 Å². The lowest BCUT2D eigenvalue weighted by Gasteiger charge is -2.34. The fourth-order valence-electron chi connectivity index (χ4n) is 2.84. The van der Waals surface area contributed by atoms with Gasteiger partial charge in [-0.3, -0.25) is 0 Å². The molecular weight excluding hydrogens is 216 g/mol. The summed E-state index contributed by atoms with van der Waals surface area (Å²) < 4.78 is 7.90. The molecule has 0 aliphatic carbocycles. The normalized spacial score (nSPS) is 30.7. The third-order valence-corrected chi connectivity index (χ3v) is 3.74. The van der Waals surface area contributed by atoms with Crippen LogP contribution in [0.15, 0.2) is 12.4 Å². The minimum atomic E-state index is -0.865. The van der Waals surface area contributed by atoms with Gasteiger partial charge >= 0.3 is 0 Å². The van der Waals surface area contributed by atoms with Crippen LogP contribution in [0.2, 0.25) is 0 Å². The lowest BCUT2D eigenvalue weighted by molar-refractivity contribution is -0.126. The first-order chi connectivity index (χ1) is 7.65. The molecule has 0 amide bonds. The van der Waals surface area contributed by atoms with Crippen molar-refractivity contribution in [1.29, 1.82) is 0 Å². The quantitative estimate of drug-likeness (QED) is 0.852. The molecule has 4 heteroatoms. The number of aliphatic hydroxyl groups is 1. The fraction of sp³-hybridized carbons (Fsp3) is 0.769. The molecule has 1 N–H and O–H groups in total. The van der Waals surface area contributed by atoms with Crippen molar-refractivity contribution in [3.8, 4) is 0 Å². The molecule has 0 radical (unpaired) electrons. The maximum Gasteiger partial charge on any atom is 0.111 e. The van der Waals surface area contributed by atoms with Gasteiger partial charge in [0.05, 0.1) is 11.2 Å². The molecule has 1 aliphatic heterocycles. The third-order valence-electron chi connectivity index (χ3n) is 3.74. The summed E-state index contributed by atoms with van der Waals surface area (Å²) in [5, 5.41) is 10.9. The Morgan fingerprint density at radius 3 is 2.47 bits per heavy atom.